The molecule has 0 radical (unpaired) electrons. The molecule has 0 bridgehead atoms. The first-order chi connectivity index (χ1) is 13.5. The largest absolute Gasteiger partial charge is 0.351 e. The van der Waals surface area contributed by atoms with Crippen molar-refractivity contribution in [3.63, 3.8) is 0 Å². The third kappa shape index (κ3) is 5.97. The number of nitrogens with zero attached hydrogens (tertiary/aromatic N) is 3. The summed E-state index contributed by atoms with van der Waals surface area (Å²) in [5.41, 5.74) is 1.71. The van der Waals surface area contributed by atoms with Crippen molar-refractivity contribution in [3.05, 3.63) is 88.5 Å². The van der Waals surface area contributed by atoms with Gasteiger partial charge in [-0.1, -0.05) is 18.7 Å². The van der Waals surface area contributed by atoms with Crippen molar-refractivity contribution in [2.24, 2.45) is 0 Å². The molecule has 0 aromatic carbocycles. The van der Waals surface area contributed by atoms with Crippen LogP contribution in [-0.2, 0) is 11.2 Å². The van der Waals surface area contributed by atoms with E-state index in [-0.39, 0.29) is 17.5 Å². The Morgan fingerprint density at radius 3 is 2.93 bits per heavy atom. The van der Waals surface area contributed by atoms with Crippen LogP contribution in [-0.4, -0.2) is 32.9 Å². The summed E-state index contributed by atoms with van der Waals surface area (Å²) in [4.78, 5) is 16.0. The molecule has 0 aliphatic heterocycles. The Kier molecular flexibility index (Phi) is 7.79. The quantitative estimate of drug-likeness (QED) is 0.507. The molecule has 148 valence electrons. The molecule has 2 rings (SSSR count). The number of aliphatic hydroxyl groups is 1. The number of hydrogen-bond donors (Lipinski definition) is 2. The fourth-order valence-corrected chi connectivity index (χ4v) is 2.37. The van der Waals surface area contributed by atoms with E-state index >= 15 is 0 Å². The summed E-state index contributed by atoms with van der Waals surface area (Å²) in [6.45, 7) is 7.69. The molecule has 2 heterocycles. The lowest BCUT2D eigenvalue weighted by molar-refractivity contribution is -0.109. The summed E-state index contributed by atoms with van der Waals surface area (Å²) in [7, 11) is 0. The van der Waals surface area contributed by atoms with E-state index in [1.165, 1.54) is 29.2 Å². The van der Waals surface area contributed by atoms with E-state index < -0.39 is 12.2 Å². The van der Waals surface area contributed by atoms with Gasteiger partial charge in [0.25, 0.3) is 0 Å². The van der Waals surface area contributed by atoms with E-state index in [2.05, 4.69) is 22.0 Å². The van der Waals surface area contributed by atoms with E-state index in [0.29, 0.717) is 23.6 Å². The first kappa shape index (κ1) is 21.2. The Morgan fingerprint density at radius 1 is 1.50 bits per heavy atom. The number of aliphatic hydroxyl groups excluding tert-OH is 1. The molecule has 1 atom stereocenters. The van der Waals surface area contributed by atoms with Crippen LogP contribution in [0.2, 0.25) is 0 Å². The lowest BCUT2D eigenvalue weighted by Gasteiger charge is -2.15. The highest BCUT2D eigenvalue weighted by atomic mass is 19.1. The topological polar surface area (TPSA) is 89.3 Å². The second-order valence-corrected chi connectivity index (χ2v) is 5.73. The highest BCUT2D eigenvalue weighted by Crippen LogP contribution is 2.10. The van der Waals surface area contributed by atoms with Crippen molar-refractivity contribution in [1.29, 1.82) is 0 Å². The highest BCUT2D eigenvalue weighted by Gasteiger charge is 2.08. The molecule has 0 amide bonds. The van der Waals surface area contributed by atoms with Gasteiger partial charge in [-0.3, -0.25) is 9.78 Å². The first-order valence-electron chi connectivity index (χ1n) is 8.72. The van der Waals surface area contributed by atoms with Crippen LogP contribution in [0.15, 0.2) is 71.6 Å². The zero-order valence-electron chi connectivity index (χ0n) is 15.8. The van der Waals surface area contributed by atoms with E-state index in [4.69, 9.17) is 4.74 Å². The Balaban J connectivity index is 2.27. The minimum Gasteiger partial charge on any atom is -0.351 e. The molecule has 0 aliphatic carbocycles. The summed E-state index contributed by atoms with van der Waals surface area (Å²) in [5.74, 6) is -0.497. The maximum atomic E-state index is 13.4. The van der Waals surface area contributed by atoms with Crippen LogP contribution in [0.5, 0.6) is 0 Å². The Bertz CT molecular complexity index is 937. The monoisotopic (exact) mass is 386 g/mol. The van der Waals surface area contributed by atoms with Gasteiger partial charge in [0, 0.05) is 37.1 Å². The number of rotatable bonds is 9. The van der Waals surface area contributed by atoms with Crippen LogP contribution in [0.25, 0.3) is 5.69 Å². The lowest BCUT2D eigenvalue weighted by Crippen LogP contribution is -2.30. The normalized spacial score (nSPS) is 13.3. The summed E-state index contributed by atoms with van der Waals surface area (Å²) >= 11 is 0. The van der Waals surface area contributed by atoms with Crippen molar-refractivity contribution in [1.82, 2.24) is 20.1 Å². The molecular formula is C20H23FN4O3. The van der Waals surface area contributed by atoms with Gasteiger partial charge in [-0.05, 0) is 25.5 Å². The predicted octanol–water partition coefficient (Wildman–Crippen LogP) is 2.23. The van der Waals surface area contributed by atoms with E-state index in [9.17, 15) is 14.3 Å². The average Bonchev–Trinajstić information content (AvgIpc) is 2.68. The first-order valence-corrected chi connectivity index (χ1v) is 8.72. The zero-order chi connectivity index (χ0) is 20.5. The molecule has 0 spiro atoms. The molecule has 2 N–H and O–H groups in total. The van der Waals surface area contributed by atoms with E-state index in [1.807, 2.05) is 0 Å². The average molecular weight is 386 g/mol. The van der Waals surface area contributed by atoms with Gasteiger partial charge in [-0.2, -0.15) is 5.10 Å². The van der Waals surface area contributed by atoms with Gasteiger partial charge in [0.2, 0.25) is 11.8 Å². The molecule has 0 aliphatic rings. The molecule has 8 heteroatoms. The van der Waals surface area contributed by atoms with Gasteiger partial charge in [-0.15, -0.1) is 0 Å². The van der Waals surface area contributed by atoms with E-state index in [1.54, 1.807) is 32.1 Å². The molecule has 2 aromatic heterocycles. The number of halogens is 1. The molecule has 0 saturated carbocycles. The number of hydrogen-bond acceptors (Lipinski definition) is 6. The number of allylic oxidation sites excluding steroid dienone is 4. The minimum atomic E-state index is -1.15. The van der Waals surface area contributed by atoms with Gasteiger partial charge >= 0.3 is 0 Å². The third-order valence-electron chi connectivity index (χ3n) is 3.74. The second kappa shape index (κ2) is 10.3. The van der Waals surface area contributed by atoms with E-state index in [0.717, 1.165) is 6.20 Å². The van der Waals surface area contributed by atoms with Gasteiger partial charge in [0.1, 0.15) is 11.5 Å². The highest BCUT2D eigenvalue weighted by molar-refractivity contribution is 5.32. The fourth-order valence-electron chi connectivity index (χ4n) is 2.37. The van der Waals surface area contributed by atoms with Crippen LogP contribution in [0.4, 0.5) is 4.39 Å². The van der Waals surface area contributed by atoms with Crippen LogP contribution in [0, 0.1) is 5.82 Å². The third-order valence-corrected chi connectivity index (χ3v) is 3.74. The number of aromatic nitrogens is 3. The standard InChI is InChI=1S/C20H23FN4O3/c1-4-14(9-16(5-2)23-20(27)28-6-3)10-18-19(26)7-8-25(24-18)17-11-15(21)12-22-13-17/h4-5,7-9,11-13,20,23,27H,1,6,10H2,2-3H3/b14-9+,16-5+. The maximum Gasteiger partial charge on any atom is 0.235 e. The van der Waals surface area contributed by atoms with Gasteiger partial charge in [0.05, 0.1) is 18.1 Å². The minimum absolute atomic E-state index is 0.204. The molecule has 2 aromatic rings. The molecule has 7 nitrogen and oxygen atoms in total. The maximum absolute atomic E-state index is 13.4. The van der Waals surface area contributed by atoms with Crippen molar-refractivity contribution in [2.45, 2.75) is 26.7 Å². The Labute approximate surface area is 162 Å². The zero-order valence-corrected chi connectivity index (χ0v) is 15.8. The summed E-state index contributed by atoms with van der Waals surface area (Å²) in [6.07, 6.45) is 8.14. The molecule has 1 unspecified atom stereocenters. The summed E-state index contributed by atoms with van der Waals surface area (Å²) in [5, 5.41) is 16.8. The Hall–Kier alpha value is -3.10. The molecule has 28 heavy (non-hydrogen) atoms. The number of pyridine rings is 1. The number of ether oxygens (including phenoxy) is 1. The van der Waals surface area contributed by atoms with Crippen LogP contribution >= 0.6 is 0 Å². The van der Waals surface area contributed by atoms with Crippen molar-refractivity contribution < 1.29 is 14.2 Å². The van der Waals surface area contributed by atoms with Crippen molar-refractivity contribution in [3.8, 4) is 5.69 Å². The van der Waals surface area contributed by atoms with Gasteiger partial charge < -0.3 is 15.2 Å². The summed E-state index contributed by atoms with van der Waals surface area (Å²) in [6, 6.07) is 2.64. The predicted molar refractivity (Wildman–Crippen MR) is 104 cm³/mol. The van der Waals surface area contributed by atoms with Gasteiger partial charge in [-0.25, -0.2) is 9.07 Å². The van der Waals surface area contributed by atoms with Crippen LogP contribution in [0.3, 0.4) is 0 Å². The van der Waals surface area contributed by atoms with Crippen molar-refractivity contribution >= 4 is 0 Å². The number of nitrogens with one attached hydrogen (secondary N) is 1. The van der Waals surface area contributed by atoms with Crippen molar-refractivity contribution in [2.75, 3.05) is 6.61 Å². The fraction of sp³-hybridized carbons (Fsp3) is 0.250. The molecular weight excluding hydrogens is 363 g/mol. The van der Waals surface area contributed by atoms with Gasteiger partial charge in [0.15, 0.2) is 0 Å². The van der Waals surface area contributed by atoms with Crippen LogP contribution in [0.1, 0.15) is 19.5 Å². The van der Waals surface area contributed by atoms with Crippen LogP contribution < -0.4 is 10.7 Å². The summed E-state index contributed by atoms with van der Waals surface area (Å²) < 4.78 is 19.8. The Morgan fingerprint density at radius 2 is 2.29 bits per heavy atom. The lowest BCUT2D eigenvalue weighted by atomic mass is 10.1. The molecule has 0 fully saturated rings. The smallest absolute Gasteiger partial charge is 0.235 e. The molecule has 0 saturated heterocycles. The second-order valence-electron chi connectivity index (χ2n) is 5.73. The SMILES string of the molecule is C=C/C(=C\C(=C/C)NC(O)OCC)Cc1nn(-c2cncc(F)c2)ccc1=O.